The van der Waals surface area contributed by atoms with Crippen molar-refractivity contribution >= 4 is 12.6 Å². The molecule has 1 heteroatoms. The summed E-state index contributed by atoms with van der Waals surface area (Å²) in [4.78, 5) is 0. The van der Waals surface area contributed by atoms with Gasteiger partial charge in [-0.15, -0.1) is 0 Å². The molecule has 0 heterocycles. The first-order chi connectivity index (χ1) is 9.74. The second kappa shape index (κ2) is 11.8. The molecule has 1 aliphatic carbocycles. The van der Waals surface area contributed by atoms with Crippen molar-refractivity contribution in [3.8, 4) is 0 Å². The summed E-state index contributed by atoms with van der Waals surface area (Å²) in [6, 6.07) is 8.93. The smallest absolute Gasteiger partial charge is 0.0187 e. The second-order valence-corrected chi connectivity index (χ2v) is 4.83. The monoisotopic (exact) mass is 290 g/mol. The molecule has 2 rings (SSSR count). The third kappa shape index (κ3) is 7.59. The molecular weight excluding hydrogens is 260 g/mol. The van der Waals surface area contributed by atoms with Gasteiger partial charge in [0.2, 0.25) is 0 Å². The van der Waals surface area contributed by atoms with Crippen molar-refractivity contribution in [1.82, 2.24) is 0 Å². The number of benzene rings is 1. The highest BCUT2D eigenvalue weighted by molar-refractivity contribution is 7.79. The number of hydrogen-bond donors (Lipinski definition) is 1. The van der Waals surface area contributed by atoms with Gasteiger partial charge in [0, 0.05) is 0 Å². The van der Waals surface area contributed by atoms with Gasteiger partial charge in [-0.2, -0.15) is 12.6 Å². The van der Waals surface area contributed by atoms with Crippen molar-refractivity contribution in [1.29, 1.82) is 0 Å². The van der Waals surface area contributed by atoms with Gasteiger partial charge < -0.3 is 0 Å². The van der Waals surface area contributed by atoms with Crippen molar-refractivity contribution < 1.29 is 0 Å². The highest BCUT2D eigenvalue weighted by Gasteiger charge is 2.07. The van der Waals surface area contributed by atoms with Gasteiger partial charge in [0.25, 0.3) is 0 Å². The Morgan fingerprint density at radius 1 is 1.05 bits per heavy atom. The highest BCUT2D eigenvalue weighted by atomic mass is 32.1. The standard InChI is InChI=1S/C16H20.C2H6.CH4S/c1-13-4-3-5-15(9-6-13)12-16-10-7-14(2)8-11-16;2*1-2/h4,6-11,15H,3,5,12H2,1-2H3;1-2H3;2H,1H3. The zero-order chi connectivity index (χ0) is 15.4. The van der Waals surface area contributed by atoms with Crippen LogP contribution in [0.5, 0.6) is 0 Å². The van der Waals surface area contributed by atoms with Crippen molar-refractivity contribution in [3.63, 3.8) is 0 Å². The Morgan fingerprint density at radius 3 is 2.25 bits per heavy atom. The highest BCUT2D eigenvalue weighted by Crippen LogP contribution is 2.20. The van der Waals surface area contributed by atoms with Crippen LogP contribution in [0.15, 0.2) is 48.1 Å². The Morgan fingerprint density at radius 2 is 1.65 bits per heavy atom. The van der Waals surface area contributed by atoms with Crippen molar-refractivity contribution in [3.05, 3.63) is 59.2 Å². The van der Waals surface area contributed by atoms with Gasteiger partial charge in [-0.25, -0.2) is 0 Å². The van der Waals surface area contributed by atoms with E-state index in [4.69, 9.17) is 0 Å². The summed E-state index contributed by atoms with van der Waals surface area (Å²) in [5.41, 5.74) is 4.21. The molecule has 112 valence electrons. The summed E-state index contributed by atoms with van der Waals surface area (Å²) in [6.45, 7) is 8.33. The second-order valence-electron chi connectivity index (χ2n) is 4.83. The molecule has 1 aromatic carbocycles. The molecular formula is C19H30S. The minimum atomic E-state index is 0.705. The molecule has 20 heavy (non-hydrogen) atoms. The lowest BCUT2D eigenvalue weighted by Crippen LogP contribution is -2.00. The Labute approximate surface area is 131 Å². The predicted octanol–water partition coefficient (Wildman–Crippen LogP) is 6.02. The van der Waals surface area contributed by atoms with Gasteiger partial charge >= 0.3 is 0 Å². The topological polar surface area (TPSA) is 0 Å². The van der Waals surface area contributed by atoms with Crippen LogP contribution in [0.25, 0.3) is 0 Å². The number of hydrogen-bond acceptors (Lipinski definition) is 1. The van der Waals surface area contributed by atoms with Crippen LogP contribution in [-0.2, 0) is 6.42 Å². The lowest BCUT2D eigenvalue weighted by Gasteiger charge is -2.10. The summed E-state index contributed by atoms with van der Waals surface area (Å²) in [7, 11) is 0. The van der Waals surface area contributed by atoms with Gasteiger partial charge in [-0.3, -0.25) is 0 Å². The van der Waals surface area contributed by atoms with Crippen LogP contribution in [0.2, 0.25) is 0 Å². The van der Waals surface area contributed by atoms with Crippen molar-refractivity contribution in [2.45, 2.75) is 47.0 Å². The first-order valence-electron chi connectivity index (χ1n) is 7.59. The van der Waals surface area contributed by atoms with Crippen LogP contribution in [0.1, 0.15) is 44.7 Å². The summed E-state index contributed by atoms with van der Waals surface area (Å²) in [6.07, 6.45) is 12.4. The van der Waals surface area contributed by atoms with E-state index in [0.29, 0.717) is 5.92 Å². The molecule has 1 unspecified atom stereocenters. The molecule has 0 bridgehead atoms. The normalized spacial score (nSPS) is 16.9. The third-order valence-electron chi connectivity index (χ3n) is 3.25. The molecule has 1 aromatic rings. The lowest BCUT2D eigenvalue weighted by atomic mass is 9.95. The van der Waals surface area contributed by atoms with Gasteiger partial charge in [0.1, 0.15) is 0 Å². The maximum Gasteiger partial charge on any atom is -0.0187 e. The molecule has 0 saturated carbocycles. The Hall–Kier alpha value is -0.950. The van der Waals surface area contributed by atoms with E-state index in [-0.39, 0.29) is 0 Å². The molecule has 1 atom stereocenters. The fourth-order valence-corrected chi connectivity index (χ4v) is 2.17. The van der Waals surface area contributed by atoms with Crippen LogP contribution < -0.4 is 0 Å². The fraction of sp³-hybridized carbons (Fsp3) is 0.474. The molecule has 0 aromatic heterocycles. The number of aryl methyl sites for hydroxylation is 1. The van der Waals surface area contributed by atoms with Gasteiger partial charge in [0.15, 0.2) is 0 Å². The maximum absolute atomic E-state index is 3.53. The van der Waals surface area contributed by atoms with E-state index in [0.717, 1.165) is 0 Å². The Kier molecular flexibility index (Phi) is 11.3. The molecule has 0 amide bonds. The summed E-state index contributed by atoms with van der Waals surface area (Å²) < 4.78 is 0. The van der Waals surface area contributed by atoms with E-state index in [2.05, 4.69) is 69.0 Å². The Balaban J connectivity index is 0.000000829. The van der Waals surface area contributed by atoms with E-state index in [9.17, 15) is 0 Å². The zero-order valence-corrected chi connectivity index (χ0v) is 14.6. The first-order valence-corrected chi connectivity index (χ1v) is 8.49. The largest absolute Gasteiger partial charge is 0.183 e. The SMILES string of the molecule is CC.CC1=CCCC(Cc2ccc(C)cc2)C=C1.CS. The number of allylic oxidation sites excluding steroid dienone is 4. The Bertz CT molecular complexity index is 398. The van der Waals surface area contributed by atoms with Gasteiger partial charge in [-0.1, -0.05) is 67.5 Å². The van der Waals surface area contributed by atoms with Crippen molar-refractivity contribution in [2.75, 3.05) is 6.26 Å². The molecule has 0 nitrogen and oxygen atoms in total. The molecule has 0 fully saturated rings. The van der Waals surface area contributed by atoms with Crippen LogP contribution in [0, 0.1) is 12.8 Å². The molecule has 0 aliphatic heterocycles. The zero-order valence-electron chi connectivity index (χ0n) is 13.7. The van der Waals surface area contributed by atoms with Gasteiger partial charge in [-0.05, 0) is 50.8 Å². The summed E-state index contributed by atoms with van der Waals surface area (Å²) >= 11 is 3.53. The van der Waals surface area contributed by atoms with Crippen molar-refractivity contribution in [2.24, 2.45) is 5.92 Å². The average Bonchev–Trinajstić information content (AvgIpc) is 2.71. The van der Waals surface area contributed by atoms with E-state index in [1.807, 2.05) is 13.8 Å². The quantitative estimate of drug-likeness (QED) is 0.632. The van der Waals surface area contributed by atoms with E-state index in [1.54, 1.807) is 6.26 Å². The lowest BCUT2D eigenvalue weighted by molar-refractivity contribution is 0.598. The van der Waals surface area contributed by atoms with E-state index >= 15 is 0 Å². The predicted molar refractivity (Wildman–Crippen MR) is 96.8 cm³/mol. The van der Waals surface area contributed by atoms with E-state index < -0.39 is 0 Å². The minimum absolute atomic E-state index is 0.705. The van der Waals surface area contributed by atoms with Crippen LogP contribution in [0.3, 0.4) is 0 Å². The summed E-state index contributed by atoms with van der Waals surface area (Å²) in [5, 5.41) is 0. The summed E-state index contributed by atoms with van der Waals surface area (Å²) in [5.74, 6) is 0.705. The minimum Gasteiger partial charge on any atom is -0.183 e. The number of thiol groups is 1. The molecule has 0 radical (unpaired) electrons. The van der Waals surface area contributed by atoms with Gasteiger partial charge in [0.05, 0.1) is 0 Å². The van der Waals surface area contributed by atoms with Crippen LogP contribution in [0.4, 0.5) is 0 Å². The van der Waals surface area contributed by atoms with Crippen LogP contribution in [-0.4, -0.2) is 6.26 Å². The van der Waals surface area contributed by atoms with E-state index in [1.165, 1.54) is 36.0 Å². The molecule has 1 aliphatic rings. The third-order valence-corrected chi connectivity index (χ3v) is 3.25. The first kappa shape index (κ1) is 19.1. The molecule has 0 N–H and O–H groups in total. The average molecular weight is 291 g/mol. The maximum atomic E-state index is 3.53. The molecule has 0 saturated heterocycles. The van der Waals surface area contributed by atoms with Crippen LogP contribution >= 0.6 is 12.6 Å². The number of rotatable bonds is 2. The fourth-order valence-electron chi connectivity index (χ4n) is 2.17. The molecule has 0 spiro atoms.